The van der Waals surface area contributed by atoms with Crippen LogP contribution in [0.3, 0.4) is 0 Å². The number of carbonyl (C=O) groups excluding carboxylic acids is 2. The van der Waals surface area contributed by atoms with Crippen molar-refractivity contribution < 1.29 is 24.3 Å². The highest BCUT2D eigenvalue weighted by molar-refractivity contribution is 6.07. The van der Waals surface area contributed by atoms with Crippen LogP contribution in [0.25, 0.3) is 0 Å². The highest BCUT2D eigenvalue weighted by Gasteiger charge is 2.59. The van der Waals surface area contributed by atoms with E-state index in [4.69, 9.17) is 9.57 Å². The van der Waals surface area contributed by atoms with Gasteiger partial charge in [-0.25, -0.2) is 5.06 Å². The number of nitrogens with zero attached hydrogens (tertiary/aromatic N) is 2. The zero-order chi connectivity index (χ0) is 19.8. The van der Waals surface area contributed by atoms with E-state index in [1.165, 1.54) is 18.1 Å². The minimum absolute atomic E-state index is 0.00871. The van der Waals surface area contributed by atoms with Gasteiger partial charge < -0.3 is 9.84 Å². The number of methoxy groups -OCH3 is 1. The van der Waals surface area contributed by atoms with Crippen molar-refractivity contribution in [1.29, 1.82) is 0 Å². The molecule has 0 spiro atoms. The number of imide groups is 1. The molecule has 3 atom stereocenters. The normalized spacial score (nSPS) is 24.0. The van der Waals surface area contributed by atoms with Crippen LogP contribution in [-0.2, 0) is 14.4 Å². The molecule has 2 fully saturated rings. The largest absolute Gasteiger partial charge is 0.504 e. The van der Waals surface area contributed by atoms with Gasteiger partial charge in [0.15, 0.2) is 17.6 Å². The number of amides is 2. The maximum Gasteiger partial charge on any atom is 0.261 e. The van der Waals surface area contributed by atoms with Crippen LogP contribution in [0.2, 0.25) is 0 Å². The Morgan fingerprint density at radius 2 is 1.86 bits per heavy atom. The summed E-state index contributed by atoms with van der Waals surface area (Å²) in [6.07, 6.45) is -0.166. The van der Waals surface area contributed by atoms with Crippen LogP contribution in [0.5, 0.6) is 11.5 Å². The molecule has 7 heteroatoms. The Kier molecular flexibility index (Phi) is 4.68. The lowest BCUT2D eigenvalue weighted by Gasteiger charge is -2.29. The van der Waals surface area contributed by atoms with E-state index in [0.717, 1.165) is 11.3 Å². The summed E-state index contributed by atoms with van der Waals surface area (Å²) in [5.74, 6) is -0.877. The third-order valence-electron chi connectivity index (χ3n) is 5.21. The summed E-state index contributed by atoms with van der Waals surface area (Å²) in [5, 5.41) is 11.6. The predicted molar refractivity (Wildman–Crippen MR) is 102 cm³/mol. The summed E-state index contributed by atoms with van der Waals surface area (Å²) < 4.78 is 5.23. The van der Waals surface area contributed by atoms with Crippen LogP contribution in [-0.4, -0.2) is 41.6 Å². The summed E-state index contributed by atoms with van der Waals surface area (Å²) in [7, 11) is 1.47. The van der Waals surface area contributed by atoms with Gasteiger partial charge >= 0.3 is 0 Å². The summed E-state index contributed by atoms with van der Waals surface area (Å²) in [4.78, 5) is 33.2. The van der Waals surface area contributed by atoms with E-state index < -0.39 is 18.1 Å². The molecule has 2 saturated heterocycles. The molecule has 0 saturated carbocycles. The standard InChI is InChI=1S/C21H22N2O5/c1-3-11-22-20(25)17-18(13-9-10-15(24)16(12-13)27-2)23(28-19(17)21(22)26)14-7-5-4-6-8-14/h4-10,12,17-19,24H,3,11H2,1-2H3/t17-,18+,19+/m1/s1. The van der Waals surface area contributed by atoms with Crippen molar-refractivity contribution in [3.63, 3.8) is 0 Å². The van der Waals surface area contributed by atoms with Gasteiger partial charge in [-0.05, 0) is 36.2 Å². The number of hydroxylamine groups is 1. The maximum atomic E-state index is 13.1. The van der Waals surface area contributed by atoms with Crippen LogP contribution in [0.1, 0.15) is 24.9 Å². The van der Waals surface area contributed by atoms with Crippen LogP contribution in [0.4, 0.5) is 5.69 Å². The van der Waals surface area contributed by atoms with Gasteiger partial charge in [0.1, 0.15) is 5.92 Å². The number of phenolic OH excluding ortho intramolecular Hbond substituents is 1. The number of carbonyl (C=O) groups is 2. The smallest absolute Gasteiger partial charge is 0.261 e. The molecule has 146 valence electrons. The van der Waals surface area contributed by atoms with Crippen molar-refractivity contribution in [2.75, 3.05) is 18.7 Å². The Hall–Kier alpha value is -3.06. The molecule has 2 heterocycles. The van der Waals surface area contributed by atoms with Crippen molar-refractivity contribution in [3.8, 4) is 11.5 Å². The molecule has 2 amide bonds. The zero-order valence-corrected chi connectivity index (χ0v) is 15.7. The lowest BCUT2D eigenvalue weighted by atomic mass is 9.90. The Bertz CT molecular complexity index is 901. The second kappa shape index (κ2) is 7.16. The van der Waals surface area contributed by atoms with Crippen LogP contribution in [0, 0.1) is 5.92 Å². The van der Waals surface area contributed by atoms with Crippen molar-refractivity contribution in [2.45, 2.75) is 25.5 Å². The molecular formula is C21H22N2O5. The van der Waals surface area contributed by atoms with Gasteiger partial charge in [-0.3, -0.25) is 19.3 Å². The zero-order valence-electron chi connectivity index (χ0n) is 15.7. The molecular weight excluding hydrogens is 360 g/mol. The summed E-state index contributed by atoms with van der Waals surface area (Å²) in [5.41, 5.74) is 1.47. The molecule has 0 bridgehead atoms. The van der Waals surface area contributed by atoms with E-state index in [9.17, 15) is 14.7 Å². The Morgan fingerprint density at radius 3 is 2.54 bits per heavy atom. The van der Waals surface area contributed by atoms with E-state index in [0.29, 0.717) is 18.7 Å². The Labute approximate surface area is 163 Å². The minimum Gasteiger partial charge on any atom is -0.504 e. The highest BCUT2D eigenvalue weighted by atomic mass is 16.7. The number of hydrogen-bond donors (Lipinski definition) is 1. The van der Waals surface area contributed by atoms with Crippen LogP contribution < -0.4 is 9.80 Å². The lowest BCUT2D eigenvalue weighted by molar-refractivity contribution is -0.143. The molecule has 2 aromatic rings. The molecule has 0 unspecified atom stereocenters. The van der Waals surface area contributed by atoms with Gasteiger partial charge in [0.05, 0.1) is 18.8 Å². The van der Waals surface area contributed by atoms with E-state index >= 15 is 0 Å². The molecule has 7 nitrogen and oxygen atoms in total. The Balaban J connectivity index is 1.80. The summed E-state index contributed by atoms with van der Waals surface area (Å²) >= 11 is 0. The first-order valence-electron chi connectivity index (χ1n) is 9.30. The molecule has 2 aliphatic rings. The highest BCUT2D eigenvalue weighted by Crippen LogP contribution is 2.47. The average Bonchev–Trinajstić information content (AvgIpc) is 3.21. The van der Waals surface area contributed by atoms with E-state index in [1.807, 2.05) is 37.3 Å². The van der Waals surface area contributed by atoms with E-state index in [-0.39, 0.29) is 17.6 Å². The molecule has 4 rings (SSSR count). The second-order valence-corrected chi connectivity index (χ2v) is 6.92. The lowest BCUT2D eigenvalue weighted by Crippen LogP contribution is -2.37. The topological polar surface area (TPSA) is 79.3 Å². The molecule has 1 N–H and O–H groups in total. The second-order valence-electron chi connectivity index (χ2n) is 6.92. The van der Waals surface area contributed by atoms with Crippen molar-refractivity contribution >= 4 is 17.5 Å². The van der Waals surface area contributed by atoms with Gasteiger partial charge in [-0.1, -0.05) is 31.2 Å². The first-order valence-corrected chi connectivity index (χ1v) is 9.30. The fourth-order valence-electron chi connectivity index (χ4n) is 3.93. The van der Waals surface area contributed by atoms with Crippen molar-refractivity contribution in [3.05, 3.63) is 54.1 Å². The molecule has 2 aliphatic heterocycles. The number of hydrogen-bond acceptors (Lipinski definition) is 6. The third kappa shape index (κ3) is 2.79. The van der Waals surface area contributed by atoms with E-state index in [1.54, 1.807) is 17.2 Å². The molecule has 0 radical (unpaired) electrons. The monoisotopic (exact) mass is 382 g/mol. The number of para-hydroxylation sites is 1. The van der Waals surface area contributed by atoms with Gasteiger partial charge in [0.2, 0.25) is 5.91 Å². The first-order chi connectivity index (χ1) is 13.6. The molecule has 0 aromatic heterocycles. The predicted octanol–water partition coefficient (Wildman–Crippen LogP) is 2.66. The number of anilines is 1. The average molecular weight is 382 g/mol. The van der Waals surface area contributed by atoms with Crippen LogP contribution >= 0.6 is 0 Å². The molecule has 0 aliphatic carbocycles. The van der Waals surface area contributed by atoms with Gasteiger partial charge in [-0.2, -0.15) is 0 Å². The number of phenols is 1. The fraction of sp³-hybridized carbons (Fsp3) is 0.333. The van der Waals surface area contributed by atoms with Crippen molar-refractivity contribution in [1.82, 2.24) is 4.90 Å². The maximum absolute atomic E-state index is 13.1. The minimum atomic E-state index is -0.857. The quantitative estimate of drug-likeness (QED) is 0.801. The molecule has 28 heavy (non-hydrogen) atoms. The third-order valence-corrected chi connectivity index (χ3v) is 5.21. The van der Waals surface area contributed by atoms with Crippen LogP contribution in [0.15, 0.2) is 48.5 Å². The number of ether oxygens (including phenoxy) is 1. The number of likely N-dealkylation sites (tertiary alicyclic amines) is 1. The van der Waals surface area contributed by atoms with Gasteiger partial charge in [-0.15, -0.1) is 0 Å². The van der Waals surface area contributed by atoms with Gasteiger partial charge in [0.25, 0.3) is 5.91 Å². The number of rotatable bonds is 5. The summed E-state index contributed by atoms with van der Waals surface area (Å²) in [6, 6.07) is 13.8. The summed E-state index contributed by atoms with van der Waals surface area (Å²) in [6.45, 7) is 2.30. The first kappa shape index (κ1) is 18.3. The van der Waals surface area contributed by atoms with Gasteiger partial charge in [0, 0.05) is 6.54 Å². The number of aromatic hydroxyl groups is 1. The SMILES string of the molecule is CCCN1C(=O)[C@H]2[C@H](ON(c3ccccc3)[C@H]2c2ccc(O)c(OC)c2)C1=O. The molecule has 2 aromatic carbocycles. The van der Waals surface area contributed by atoms with Crippen molar-refractivity contribution in [2.24, 2.45) is 5.92 Å². The number of benzene rings is 2. The Morgan fingerprint density at radius 1 is 1.11 bits per heavy atom. The van der Waals surface area contributed by atoms with E-state index in [2.05, 4.69) is 0 Å². The number of fused-ring (bicyclic) bond motifs is 1. The fourth-order valence-corrected chi connectivity index (χ4v) is 3.93.